The van der Waals surface area contributed by atoms with E-state index in [0.717, 1.165) is 19.4 Å². The SMILES string of the molecule is CCCCN1C(C)(C)CC(C2=NC=NC2=O)CC1(C)C. The Balaban J connectivity index is 2.19. The molecule has 0 bridgehead atoms. The topological polar surface area (TPSA) is 45.0 Å². The lowest BCUT2D eigenvalue weighted by Crippen LogP contribution is -2.61. The molecule has 0 unspecified atom stereocenters. The Morgan fingerprint density at radius 3 is 2.30 bits per heavy atom. The lowest BCUT2D eigenvalue weighted by Gasteiger charge is -2.55. The van der Waals surface area contributed by atoms with Crippen LogP contribution in [0.3, 0.4) is 0 Å². The van der Waals surface area contributed by atoms with E-state index in [1.54, 1.807) is 0 Å². The molecule has 0 atom stereocenters. The molecule has 112 valence electrons. The molecule has 0 saturated carbocycles. The molecule has 1 amide bonds. The lowest BCUT2D eigenvalue weighted by atomic mass is 9.71. The second kappa shape index (κ2) is 5.40. The fourth-order valence-electron chi connectivity index (χ4n) is 3.98. The van der Waals surface area contributed by atoms with Gasteiger partial charge in [-0.05, 0) is 53.5 Å². The molecule has 0 aromatic rings. The molecule has 0 aromatic heterocycles. The summed E-state index contributed by atoms with van der Waals surface area (Å²) in [5, 5.41) is 0. The van der Waals surface area contributed by atoms with Crippen LogP contribution >= 0.6 is 0 Å². The number of likely N-dealkylation sites (tertiary alicyclic amines) is 1. The maximum atomic E-state index is 11.8. The van der Waals surface area contributed by atoms with Crippen molar-refractivity contribution >= 4 is 18.0 Å². The Morgan fingerprint density at radius 2 is 1.85 bits per heavy atom. The van der Waals surface area contributed by atoms with E-state index in [-0.39, 0.29) is 22.9 Å². The van der Waals surface area contributed by atoms with Crippen molar-refractivity contribution in [3.63, 3.8) is 0 Å². The third kappa shape index (κ3) is 2.85. The molecular formula is C16H27N3O. The minimum absolute atomic E-state index is 0.0903. The highest BCUT2D eigenvalue weighted by Crippen LogP contribution is 2.42. The van der Waals surface area contributed by atoms with Crippen LogP contribution in [0.2, 0.25) is 0 Å². The van der Waals surface area contributed by atoms with Crippen molar-refractivity contribution in [1.82, 2.24) is 4.90 Å². The molecule has 1 saturated heterocycles. The van der Waals surface area contributed by atoms with Gasteiger partial charge in [0, 0.05) is 17.0 Å². The Morgan fingerprint density at radius 1 is 1.25 bits per heavy atom. The van der Waals surface area contributed by atoms with E-state index < -0.39 is 0 Å². The highest BCUT2D eigenvalue weighted by Gasteiger charge is 2.47. The van der Waals surface area contributed by atoms with Crippen molar-refractivity contribution in [1.29, 1.82) is 0 Å². The largest absolute Gasteiger partial charge is 0.293 e. The number of aliphatic imine (C=N–C) groups is 2. The van der Waals surface area contributed by atoms with E-state index >= 15 is 0 Å². The summed E-state index contributed by atoms with van der Waals surface area (Å²) in [6.45, 7) is 12.5. The predicted molar refractivity (Wildman–Crippen MR) is 83.4 cm³/mol. The van der Waals surface area contributed by atoms with E-state index in [0.29, 0.717) is 5.71 Å². The van der Waals surface area contributed by atoms with Gasteiger partial charge in [0.2, 0.25) is 0 Å². The zero-order valence-corrected chi connectivity index (χ0v) is 13.4. The third-order valence-electron chi connectivity index (χ3n) is 4.67. The molecule has 20 heavy (non-hydrogen) atoms. The molecule has 1 fully saturated rings. The standard InChI is InChI=1S/C16H27N3O/c1-6-7-8-19-15(2,3)9-12(10-16(19,4)5)13-14(20)18-11-17-13/h11-12H,6-10H2,1-5H3. The lowest BCUT2D eigenvalue weighted by molar-refractivity contribution is -0.112. The highest BCUT2D eigenvalue weighted by molar-refractivity contribution is 6.44. The quantitative estimate of drug-likeness (QED) is 0.792. The van der Waals surface area contributed by atoms with Crippen LogP contribution in [0.4, 0.5) is 0 Å². The summed E-state index contributed by atoms with van der Waals surface area (Å²) in [4.78, 5) is 22.4. The first-order chi connectivity index (χ1) is 9.28. The Labute approximate surface area is 122 Å². The number of amides is 1. The summed E-state index contributed by atoms with van der Waals surface area (Å²) < 4.78 is 0. The van der Waals surface area contributed by atoms with Crippen LogP contribution < -0.4 is 0 Å². The number of hydrogen-bond donors (Lipinski definition) is 0. The second-order valence-corrected chi connectivity index (χ2v) is 7.30. The number of rotatable bonds is 4. The fourth-order valence-corrected chi connectivity index (χ4v) is 3.98. The van der Waals surface area contributed by atoms with Crippen LogP contribution in [0.15, 0.2) is 9.98 Å². The molecule has 0 aliphatic carbocycles. The zero-order chi connectivity index (χ0) is 15.0. The second-order valence-electron chi connectivity index (χ2n) is 7.30. The summed E-state index contributed by atoms with van der Waals surface area (Å²) >= 11 is 0. The Bertz CT molecular complexity index is 431. The maximum Gasteiger partial charge on any atom is 0.293 e. The van der Waals surface area contributed by atoms with Gasteiger partial charge in [-0.3, -0.25) is 9.69 Å². The molecular weight excluding hydrogens is 250 g/mol. The summed E-state index contributed by atoms with van der Waals surface area (Å²) in [6.07, 6.45) is 5.80. The van der Waals surface area contributed by atoms with Crippen molar-refractivity contribution in [2.45, 2.75) is 71.4 Å². The monoisotopic (exact) mass is 277 g/mol. The van der Waals surface area contributed by atoms with Crippen LogP contribution in [-0.4, -0.2) is 40.5 Å². The van der Waals surface area contributed by atoms with E-state index in [1.165, 1.54) is 19.2 Å². The summed E-state index contributed by atoms with van der Waals surface area (Å²) in [5.41, 5.74) is 0.848. The summed E-state index contributed by atoms with van der Waals surface area (Å²) in [7, 11) is 0. The van der Waals surface area contributed by atoms with E-state index in [9.17, 15) is 4.79 Å². The van der Waals surface area contributed by atoms with Crippen LogP contribution in [0.5, 0.6) is 0 Å². The van der Waals surface area contributed by atoms with Gasteiger partial charge in [-0.1, -0.05) is 13.3 Å². The van der Waals surface area contributed by atoms with Gasteiger partial charge in [0.1, 0.15) is 12.1 Å². The smallest absolute Gasteiger partial charge is 0.293 e. The molecule has 0 aromatic carbocycles. The van der Waals surface area contributed by atoms with Crippen molar-refractivity contribution in [3.05, 3.63) is 0 Å². The molecule has 4 nitrogen and oxygen atoms in total. The third-order valence-corrected chi connectivity index (χ3v) is 4.67. The van der Waals surface area contributed by atoms with E-state index in [1.807, 2.05) is 0 Å². The van der Waals surface area contributed by atoms with Gasteiger partial charge < -0.3 is 0 Å². The maximum absolute atomic E-state index is 11.8. The number of piperidine rings is 1. The Kier molecular flexibility index (Phi) is 4.14. The molecule has 0 spiro atoms. The van der Waals surface area contributed by atoms with Crippen LogP contribution in [0.25, 0.3) is 0 Å². The highest BCUT2D eigenvalue weighted by atomic mass is 16.1. The van der Waals surface area contributed by atoms with Crippen molar-refractivity contribution in [2.75, 3.05) is 6.54 Å². The van der Waals surface area contributed by atoms with E-state index in [4.69, 9.17) is 0 Å². The molecule has 4 heteroatoms. The number of carbonyl (C=O) groups excluding carboxylic acids is 1. The number of hydrogen-bond acceptors (Lipinski definition) is 3. The first-order valence-corrected chi connectivity index (χ1v) is 7.70. The molecule has 2 heterocycles. The van der Waals surface area contributed by atoms with Gasteiger partial charge in [-0.25, -0.2) is 4.99 Å². The van der Waals surface area contributed by atoms with Gasteiger partial charge in [0.25, 0.3) is 5.91 Å². The van der Waals surface area contributed by atoms with Crippen molar-refractivity contribution < 1.29 is 4.79 Å². The molecule has 2 aliphatic heterocycles. The Hall–Kier alpha value is -1.03. The van der Waals surface area contributed by atoms with Crippen LogP contribution in [-0.2, 0) is 4.79 Å². The summed E-state index contributed by atoms with van der Waals surface area (Å²) in [6, 6.07) is 0. The first-order valence-electron chi connectivity index (χ1n) is 7.70. The van der Waals surface area contributed by atoms with Crippen LogP contribution in [0, 0.1) is 5.92 Å². The minimum Gasteiger partial charge on any atom is -0.293 e. The normalized spacial score (nSPS) is 26.1. The van der Waals surface area contributed by atoms with Gasteiger partial charge in [-0.15, -0.1) is 0 Å². The summed E-state index contributed by atoms with van der Waals surface area (Å²) in [5.74, 6) is 0.0940. The van der Waals surface area contributed by atoms with Crippen LogP contribution in [0.1, 0.15) is 60.3 Å². The van der Waals surface area contributed by atoms with E-state index in [2.05, 4.69) is 49.5 Å². The number of nitrogens with zero attached hydrogens (tertiary/aromatic N) is 3. The van der Waals surface area contributed by atoms with Gasteiger partial charge in [0.15, 0.2) is 0 Å². The van der Waals surface area contributed by atoms with Crippen molar-refractivity contribution in [3.8, 4) is 0 Å². The van der Waals surface area contributed by atoms with Gasteiger partial charge in [-0.2, -0.15) is 4.99 Å². The predicted octanol–water partition coefficient (Wildman–Crippen LogP) is 3.07. The average Bonchev–Trinajstić information content (AvgIpc) is 2.72. The molecule has 2 rings (SSSR count). The fraction of sp³-hybridized carbons (Fsp3) is 0.812. The molecule has 0 radical (unpaired) electrons. The average molecular weight is 277 g/mol. The number of unbranched alkanes of at least 4 members (excludes halogenated alkanes) is 1. The number of carbonyl (C=O) groups is 1. The molecule has 0 N–H and O–H groups in total. The van der Waals surface area contributed by atoms with Crippen molar-refractivity contribution in [2.24, 2.45) is 15.9 Å². The zero-order valence-electron chi connectivity index (χ0n) is 13.4. The van der Waals surface area contributed by atoms with Gasteiger partial charge in [0.05, 0.1) is 0 Å². The molecule has 2 aliphatic rings. The first kappa shape index (κ1) is 15.4. The van der Waals surface area contributed by atoms with Gasteiger partial charge >= 0.3 is 0 Å². The minimum atomic E-state index is -0.136.